The van der Waals surface area contributed by atoms with Crippen molar-refractivity contribution in [2.75, 3.05) is 26.8 Å². The van der Waals surface area contributed by atoms with Crippen LogP contribution in [0.15, 0.2) is 53.4 Å². The molecule has 3 amide bonds. The van der Waals surface area contributed by atoms with Crippen LogP contribution in [0.2, 0.25) is 0 Å². The van der Waals surface area contributed by atoms with E-state index in [4.69, 9.17) is 9.47 Å². The number of hydrogen-bond donors (Lipinski definition) is 1. The summed E-state index contributed by atoms with van der Waals surface area (Å²) in [5, 5.41) is 2.32. The number of nitrogens with zero attached hydrogens (tertiary/aromatic N) is 1. The summed E-state index contributed by atoms with van der Waals surface area (Å²) in [6, 6.07) is 14.7. The third kappa shape index (κ3) is 6.11. The molecule has 7 nitrogen and oxygen atoms in total. The highest BCUT2D eigenvalue weighted by molar-refractivity contribution is 8.18. The van der Waals surface area contributed by atoms with E-state index in [0.29, 0.717) is 16.4 Å². The number of nitrogens with one attached hydrogen (secondary N) is 1. The Balaban J connectivity index is 1.47. The molecule has 1 heterocycles. The molecule has 0 unspecified atom stereocenters. The average Bonchev–Trinajstić information content (AvgIpc) is 3.05. The van der Waals surface area contributed by atoms with Gasteiger partial charge in [0.1, 0.15) is 11.5 Å². The number of hydrogen-bond acceptors (Lipinski definition) is 6. The van der Waals surface area contributed by atoms with Gasteiger partial charge in [-0.1, -0.05) is 31.2 Å². The van der Waals surface area contributed by atoms with Gasteiger partial charge in [0.05, 0.1) is 12.0 Å². The lowest BCUT2D eigenvalue weighted by Gasteiger charge is -2.13. The number of carbonyl (C=O) groups excluding carboxylic acids is 3. The van der Waals surface area contributed by atoms with Gasteiger partial charge in [0.15, 0.2) is 6.61 Å². The molecule has 0 saturated carbocycles. The molecule has 1 fully saturated rings. The van der Waals surface area contributed by atoms with Crippen LogP contribution < -0.4 is 14.8 Å². The van der Waals surface area contributed by atoms with Gasteiger partial charge in [-0.2, -0.15) is 0 Å². The van der Waals surface area contributed by atoms with E-state index in [9.17, 15) is 14.4 Å². The third-order valence-electron chi connectivity index (χ3n) is 4.62. The van der Waals surface area contributed by atoms with Gasteiger partial charge < -0.3 is 14.8 Å². The molecule has 0 aliphatic carbocycles. The molecule has 1 saturated heterocycles. The molecule has 0 atom stereocenters. The monoisotopic (exact) mass is 440 g/mol. The fourth-order valence-electron chi connectivity index (χ4n) is 2.91. The molecule has 1 aliphatic rings. The van der Waals surface area contributed by atoms with Crippen LogP contribution in [0.5, 0.6) is 11.5 Å². The Bertz CT molecular complexity index is 988. The van der Waals surface area contributed by atoms with E-state index in [0.717, 1.165) is 34.2 Å². The molecular weight excluding hydrogens is 416 g/mol. The van der Waals surface area contributed by atoms with E-state index in [1.807, 2.05) is 37.3 Å². The maximum absolute atomic E-state index is 12.5. The van der Waals surface area contributed by atoms with Gasteiger partial charge in [-0.3, -0.25) is 19.3 Å². The van der Waals surface area contributed by atoms with Crippen molar-refractivity contribution < 1.29 is 23.9 Å². The van der Waals surface area contributed by atoms with E-state index in [-0.39, 0.29) is 36.7 Å². The van der Waals surface area contributed by atoms with E-state index in [1.165, 1.54) is 0 Å². The normalized spacial score (nSPS) is 14.8. The van der Waals surface area contributed by atoms with Crippen LogP contribution in [0.3, 0.4) is 0 Å². The smallest absolute Gasteiger partial charge is 0.293 e. The maximum Gasteiger partial charge on any atom is 0.293 e. The maximum atomic E-state index is 12.5. The lowest BCUT2D eigenvalue weighted by molar-refractivity contribution is -0.125. The number of methoxy groups -OCH3 is 1. The van der Waals surface area contributed by atoms with Crippen molar-refractivity contribution in [3.63, 3.8) is 0 Å². The summed E-state index contributed by atoms with van der Waals surface area (Å²) in [6.45, 7) is 2.17. The van der Waals surface area contributed by atoms with Crippen LogP contribution in [-0.2, 0) is 16.0 Å². The van der Waals surface area contributed by atoms with Crippen molar-refractivity contribution in [2.24, 2.45) is 0 Å². The zero-order valence-corrected chi connectivity index (χ0v) is 18.2. The van der Waals surface area contributed by atoms with Crippen LogP contribution >= 0.6 is 11.8 Å². The molecule has 0 bridgehead atoms. The molecular formula is C23H24N2O5S. The fourth-order valence-corrected chi connectivity index (χ4v) is 3.77. The summed E-state index contributed by atoms with van der Waals surface area (Å²) in [7, 11) is 1.58. The van der Waals surface area contributed by atoms with E-state index in [2.05, 4.69) is 5.32 Å². The quantitative estimate of drug-likeness (QED) is 0.601. The minimum atomic E-state index is -0.368. The zero-order valence-electron chi connectivity index (χ0n) is 17.4. The molecule has 2 aromatic carbocycles. The second kappa shape index (κ2) is 10.7. The minimum absolute atomic E-state index is 0.0989. The Morgan fingerprint density at radius 1 is 1.13 bits per heavy atom. The summed E-state index contributed by atoms with van der Waals surface area (Å²) >= 11 is 0.886. The van der Waals surface area contributed by atoms with Crippen molar-refractivity contribution in [3.8, 4) is 11.5 Å². The van der Waals surface area contributed by atoms with Crippen LogP contribution in [0.25, 0.3) is 6.08 Å². The van der Waals surface area contributed by atoms with Gasteiger partial charge in [-0.25, -0.2) is 0 Å². The number of thioether (sulfide) groups is 1. The van der Waals surface area contributed by atoms with Crippen molar-refractivity contribution >= 4 is 34.9 Å². The van der Waals surface area contributed by atoms with Crippen molar-refractivity contribution in [1.82, 2.24) is 10.2 Å². The summed E-state index contributed by atoms with van der Waals surface area (Å²) in [6.07, 6.45) is 2.55. The third-order valence-corrected chi connectivity index (χ3v) is 5.53. The first-order valence-corrected chi connectivity index (χ1v) is 10.7. The highest BCUT2D eigenvalue weighted by Crippen LogP contribution is 2.32. The second-order valence-corrected chi connectivity index (χ2v) is 7.74. The molecule has 0 spiro atoms. The van der Waals surface area contributed by atoms with Crippen LogP contribution in [0.1, 0.15) is 18.1 Å². The number of benzene rings is 2. The van der Waals surface area contributed by atoms with Gasteiger partial charge >= 0.3 is 0 Å². The highest BCUT2D eigenvalue weighted by Gasteiger charge is 2.34. The summed E-state index contributed by atoms with van der Waals surface area (Å²) in [4.78, 5) is 38.2. The molecule has 8 heteroatoms. The number of carbonyl (C=O) groups is 3. The fraction of sp³-hybridized carbons (Fsp3) is 0.261. The topological polar surface area (TPSA) is 84.9 Å². The lowest BCUT2D eigenvalue weighted by Crippen LogP contribution is -2.38. The Morgan fingerprint density at radius 3 is 2.61 bits per heavy atom. The van der Waals surface area contributed by atoms with Gasteiger partial charge in [-0.05, 0) is 59.7 Å². The molecule has 31 heavy (non-hydrogen) atoms. The molecule has 0 aromatic heterocycles. The van der Waals surface area contributed by atoms with Crippen molar-refractivity contribution in [2.45, 2.75) is 13.3 Å². The number of aryl methyl sites for hydroxylation is 1. The van der Waals surface area contributed by atoms with Gasteiger partial charge in [0.2, 0.25) is 0 Å². The predicted octanol–water partition coefficient (Wildman–Crippen LogP) is 3.49. The number of rotatable bonds is 9. The Labute approximate surface area is 185 Å². The van der Waals surface area contributed by atoms with Crippen LogP contribution in [0, 0.1) is 0 Å². The first kappa shape index (κ1) is 22.4. The Kier molecular flexibility index (Phi) is 7.72. The first-order chi connectivity index (χ1) is 15.0. The van der Waals surface area contributed by atoms with E-state index >= 15 is 0 Å². The molecule has 1 N–H and O–H groups in total. The van der Waals surface area contributed by atoms with Gasteiger partial charge in [0, 0.05) is 13.1 Å². The van der Waals surface area contributed by atoms with Gasteiger partial charge in [0.25, 0.3) is 17.1 Å². The van der Waals surface area contributed by atoms with Crippen LogP contribution in [0.4, 0.5) is 4.79 Å². The second-order valence-electron chi connectivity index (χ2n) is 6.75. The molecule has 1 aliphatic heterocycles. The minimum Gasteiger partial charge on any atom is -0.497 e. The van der Waals surface area contributed by atoms with Crippen molar-refractivity contribution in [3.05, 3.63) is 64.6 Å². The Hall–Kier alpha value is -3.26. The van der Waals surface area contributed by atoms with Crippen LogP contribution in [-0.4, -0.2) is 48.8 Å². The standard InChI is InChI=1S/C23H24N2O5S/c1-3-16-5-4-6-19(13-16)30-15-21(26)24-11-12-25-22(27)20(31-23(25)28)14-17-7-9-18(29-2)10-8-17/h4-10,13-14H,3,11-12,15H2,1-2H3,(H,24,26). The van der Waals surface area contributed by atoms with E-state index in [1.54, 1.807) is 31.4 Å². The van der Waals surface area contributed by atoms with E-state index < -0.39 is 0 Å². The number of amides is 3. The van der Waals surface area contributed by atoms with Crippen molar-refractivity contribution in [1.29, 1.82) is 0 Å². The number of imide groups is 1. The largest absolute Gasteiger partial charge is 0.497 e. The molecule has 162 valence electrons. The zero-order chi connectivity index (χ0) is 22.2. The lowest BCUT2D eigenvalue weighted by atomic mass is 10.2. The molecule has 2 aromatic rings. The Morgan fingerprint density at radius 2 is 1.90 bits per heavy atom. The molecule has 0 radical (unpaired) electrons. The number of ether oxygens (including phenoxy) is 2. The van der Waals surface area contributed by atoms with Gasteiger partial charge in [-0.15, -0.1) is 0 Å². The highest BCUT2D eigenvalue weighted by atomic mass is 32.2. The summed E-state index contributed by atoms with van der Waals surface area (Å²) in [5.41, 5.74) is 1.92. The molecule has 3 rings (SSSR count). The summed E-state index contributed by atoms with van der Waals surface area (Å²) < 4.78 is 10.6. The average molecular weight is 441 g/mol. The first-order valence-electron chi connectivity index (χ1n) is 9.88. The SMILES string of the molecule is CCc1cccc(OCC(=O)NCCN2C(=O)SC(=Cc3ccc(OC)cc3)C2=O)c1. The predicted molar refractivity (Wildman–Crippen MR) is 120 cm³/mol. The summed E-state index contributed by atoms with van der Waals surface area (Å²) in [5.74, 6) is 0.655.